The van der Waals surface area contributed by atoms with Gasteiger partial charge >= 0.3 is 0 Å². The number of nitrogens with zero attached hydrogens (tertiary/aromatic N) is 4. The lowest BCUT2D eigenvalue weighted by molar-refractivity contribution is 0.428. The van der Waals surface area contributed by atoms with Gasteiger partial charge in [-0.15, -0.1) is 0 Å². The van der Waals surface area contributed by atoms with Gasteiger partial charge in [-0.1, -0.05) is 5.16 Å². The van der Waals surface area contributed by atoms with Crippen LogP contribution >= 0.6 is 0 Å². The van der Waals surface area contributed by atoms with Crippen LogP contribution in [0.15, 0.2) is 35.1 Å². The summed E-state index contributed by atoms with van der Waals surface area (Å²) in [7, 11) is 1.82. The highest BCUT2D eigenvalue weighted by Gasteiger charge is 2.14. The van der Waals surface area contributed by atoms with Crippen molar-refractivity contribution in [1.82, 2.24) is 19.7 Å². The van der Waals surface area contributed by atoms with Gasteiger partial charge in [-0.2, -0.15) is 4.98 Å². The number of aryl methyl sites for hydroxylation is 1. The third kappa shape index (κ3) is 2.01. The molecule has 0 saturated carbocycles. The maximum absolute atomic E-state index is 9.42. The van der Waals surface area contributed by atoms with Gasteiger partial charge in [0.15, 0.2) is 5.82 Å². The fourth-order valence-corrected chi connectivity index (χ4v) is 1.73. The van der Waals surface area contributed by atoms with Gasteiger partial charge in [-0.3, -0.25) is 0 Å². The standard InChI is InChI=1S/C12H10N4O3/c1-16-3-2-13-11(16)10-14-12(19-15-10)7-4-8(17)6-9(18)5-7/h2-6,17-18H,1H3. The Balaban J connectivity index is 2.04. The molecule has 0 unspecified atom stereocenters. The van der Waals surface area contributed by atoms with Gasteiger partial charge in [0.2, 0.25) is 5.82 Å². The molecule has 3 rings (SSSR count). The van der Waals surface area contributed by atoms with Crippen molar-refractivity contribution in [3.8, 4) is 34.6 Å². The minimum Gasteiger partial charge on any atom is -0.508 e. The maximum Gasteiger partial charge on any atom is 0.258 e. The Morgan fingerprint density at radius 2 is 1.89 bits per heavy atom. The number of hydrogen-bond donors (Lipinski definition) is 2. The third-order valence-corrected chi connectivity index (χ3v) is 2.60. The van der Waals surface area contributed by atoms with Crippen LogP contribution in [0.2, 0.25) is 0 Å². The minimum atomic E-state index is -0.0771. The summed E-state index contributed by atoms with van der Waals surface area (Å²) in [4.78, 5) is 8.29. The van der Waals surface area contributed by atoms with E-state index < -0.39 is 0 Å². The fraction of sp³-hybridized carbons (Fsp3) is 0.0833. The Hall–Kier alpha value is -2.83. The van der Waals surface area contributed by atoms with E-state index in [4.69, 9.17) is 4.52 Å². The lowest BCUT2D eigenvalue weighted by Crippen LogP contribution is -1.92. The number of imidazole rings is 1. The van der Waals surface area contributed by atoms with Crippen molar-refractivity contribution in [2.24, 2.45) is 7.05 Å². The first kappa shape index (κ1) is 11.3. The van der Waals surface area contributed by atoms with E-state index in [9.17, 15) is 10.2 Å². The molecule has 0 bridgehead atoms. The average molecular weight is 258 g/mol. The molecule has 19 heavy (non-hydrogen) atoms. The molecule has 0 saturated heterocycles. The number of phenolic OH excluding ortho intramolecular Hbond substituents is 2. The fourth-order valence-electron chi connectivity index (χ4n) is 1.73. The molecule has 7 nitrogen and oxygen atoms in total. The number of aromatic nitrogens is 4. The van der Waals surface area contributed by atoms with Gasteiger partial charge in [0.05, 0.1) is 0 Å². The Morgan fingerprint density at radius 1 is 1.16 bits per heavy atom. The average Bonchev–Trinajstić information content (AvgIpc) is 2.95. The molecule has 0 radical (unpaired) electrons. The van der Waals surface area contributed by atoms with E-state index in [2.05, 4.69) is 15.1 Å². The second-order valence-electron chi connectivity index (χ2n) is 4.02. The normalized spacial score (nSPS) is 10.8. The molecule has 2 aromatic heterocycles. The lowest BCUT2D eigenvalue weighted by Gasteiger charge is -1.97. The van der Waals surface area contributed by atoms with Crippen molar-refractivity contribution in [2.75, 3.05) is 0 Å². The Kier molecular flexibility index (Phi) is 2.45. The van der Waals surface area contributed by atoms with E-state index in [0.717, 1.165) is 0 Å². The molecule has 3 aromatic rings. The number of hydrogen-bond acceptors (Lipinski definition) is 6. The highest BCUT2D eigenvalue weighted by atomic mass is 16.5. The maximum atomic E-state index is 9.42. The predicted molar refractivity (Wildman–Crippen MR) is 65.3 cm³/mol. The predicted octanol–water partition coefficient (Wildman–Crippen LogP) is 1.55. The van der Waals surface area contributed by atoms with E-state index in [1.165, 1.54) is 18.2 Å². The zero-order chi connectivity index (χ0) is 13.4. The summed E-state index contributed by atoms with van der Waals surface area (Å²) in [6.07, 6.45) is 3.40. The highest BCUT2D eigenvalue weighted by molar-refractivity contribution is 5.60. The van der Waals surface area contributed by atoms with Crippen LogP contribution in [0.3, 0.4) is 0 Å². The van der Waals surface area contributed by atoms with Gasteiger partial charge in [0.1, 0.15) is 11.5 Å². The smallest absolute Gasteiger partial charge is 0.258 e. The molecular formula is C12H10N4O3. The number of aromatic hydroxyl groups is 2. The summed E-state index contributed by atoms with van der Waals surface area (Å²) in [5.41, 5.74) is 0.436. The van der Waals surface area contributed by atoms with Crippen molar-refractivity contribution in [1.29, 1.82) is 0 Å². The summed E-state index contributed by atoms with van der Waals surface area (Å²) in [5.74, 6) is 0.951. The molecule has 0 amide bonds. The van der Waals surface area contributed by atoms with Crippen molar-refractivity contribution in [2.45, 2.75) is 0 Å². The van der Waals surface area contributed by atoms with Gasteiger partial charge in [0, 0.05) is 31.1 Å². The van der Waals surface area contributed by atoms with E-state index in [1.807, 2.05) is 7.05 Å². The first-order chi connectivity index (χ1) is 9.13. The second kappa shape index (κ2) is 4.13. The number of rotatable bonds is 2. The molecule has 7 heteroatoms. The second-order valence-corrected chi connectivity index (χ2v) is 4.02. The van der Waals surface area contributed by atoms with Gasteiger partial charge < -0.3 is 19.3 Å². The summed E-state index contributed by atoms with van der Waals surface area (Å²) in [5, 5.41) is 22.7. The molecule has 0 atom stereocenters. The molecular weight excluding hydrogens is 248 g/mol. The number of benzene rings is 1. The molecule has 0 aliphatic carbocycles. The SMILES string of the molecule is Cn1ccnc1-c1noc(-c2cc(O)cc(O)c2)n1. The first-order valence-corrected chi connectivity index (χ1v) is 5.48. The van der Waals surface area contributed by atoms with Crippen LogP contribution in [0, 0.1) is 0 Å². The van der Waals surface area contributed by atoms with E-state index in [-0.39, 0.29) is 17.4 Å². The summed E-state index contributed by atoms with van der Waals surface area (Å²) >= 11 is 0. The first-order valence-electron chi connectivity index (χ1n) is 5.48. The topological polar surface area (TPSA) is 97.2 Å². The van der Waals surface area contributed by atoms with Crippen molar-refractivity contribution >= 4 is 0 Å². The molecule has 0 aliphatic heterocycles. The van der Waals surface area contributed by atoms with Gasteiger partial charge in [0.25, 0.3) is 5.89 Å². The molecule has 0 fully saturated rings. The Morgan fingerprint density at radius 3 is 2.53 bits per heavy atom. The summed E-state index contributed by atoms with van der Waals surface area (Å²) in [6, 6.07) is 4.07. The molecule has 2 heterocycles. The minimum absolute atomic E-state index is 0.0771. The highest BCUT2D eigenvalue weighted by Crippen LogP contribution is 2.28. The molecule has 2 N–H and O–H groups in total. The zero-order valence-electron chi connectivity index (χ0n) is 9.98. The Labute approximate surface area is 107 Å². The Bertz CT molecular complexity index is 712. The molecule has 96 valence electrons. The van der Waals surface area contributed by atoms with Crippen molar-refractivity contribution in [3.05, 3.63) is 30.6 Å². The number of phenols is 2. The van der Waals surface area contributed by atoms with Crippen LogP contribution in [-0.2, 0) is 7.05 Å². The summed E-state index contributed by atoms with van der Waals surface area (Å²) < 4.78 is 6.86. The molecule has 0 spiro atoms. The zero-order valence-corrected chi connectivity index (χ0v) is 9.98. The van der Waals surface area contributed by atoms with Crippen LogP contribution < -0.4 is 0 Å². The van der Waals surface area contributed by atoms with Crippen LogP contribution in [-0.4, -0.2) is 29.9 Å². The molecule has 1 aromatic carbocycles. The van der Waals surface area contributed by atoms with E-state index in [0.29, 0.717) is 17.2 Å². The van der Waals surface area contributed by atoms with Crippen molar-refractivity contribution < 1.29 is 14.7 Å². The van der Waals surface area contributed by atoms with Crippen LogP contribution in [0.4, 0.5) is 0 Å². The quantitative estimate of drug-likeness (QED) is 0.723. The van der Waals surface area contributed by atoms with Crippen molar-refractivity contribution in [3.63, 3.8) is 0 Å². The molecule has 0 aliphatic rings. The van der Waals surface area contributed by atoms with E-state index >= 15 is 0 Å². The van der Waals surface area contributed by atoms with Gasteiger partial charge in [-0.05, 0) is 12.1 Å². The van der Waals surface area contributed by atoms with Crippen LogP contribution in [0.25, 0.3) is 23.1 Å². The lowest BCUT2D eigenvalue weighted by atomic mass is 10.2. The van der Waals surface area contributed by atoms with Gasteiger partial charge in [-0.25, -0.2) is 4.98 Å². The third-order valence-electron chi connectivity index (χ3n) is 2.60. The largest absolute Gasteiger partial charge is 0.508 e. The van der Waals surface area contributed by atoms with E-state index in [1.54, 1.807) is 17.0 Å². The summed E-state index contributed by atoms with van der Waals surface area (Å²) in [6.45, 7) is 0. The van der Waals surface area contributed by atoms with Crippen LogP contribution in [0.5, 0.6) is 11.5 Å². The monoisotopic (exact) mass is 258 g/mol. The van der Waals surface area contributed by atoms with Crippen LogP contribution in [0.1, 0.15) is 0 Å².